The van der Waals surface area contributed by atoms with Gasteiger partial charge >= 0.3 is 0 Å². The molecule has 0 aromatic carbocycles. The third kappa shape index (κ3) is 4.37. The van der Waals surface area contributed by atoms with Gasteiger partial charge in [0.05, 0.1) is 6.61 Å². The van der Waals surface area contributed by atoms with Gasteiger partial charge in [-0.3, -0.25) is 0 Å². The lowest BCUT2D eigenvalue weighted by atomic mass is 10.2. The van der Waals surface area contributed by atoms with E-state index in [1.807, 2.05) is 6.08 Å². The lowest BCUT2D eigenvalue weighted by molar-refractivity contribution is 0.177. The molecule has 4 heteroatoms. The van der Waals surface area contributed by atoms with Crippen molar-refractivity contribution in [3.8, 4) is 0 Å². The molecule has 0 saturated heterocycles. The Balaban J connectivity index is 2.58. The van der Waals surface area contributed by atoms with Gasteiger partial charge in [-0.05, 0) is 44.1 Å². The number of hydrogen-bond acceptors (Lipinski definition) is 2. The van der Waals surface area contributed by atoms with E-state index in [4.69, 9.17) is 16.0 Å². The summed E-state index contributed by atoms with van der Waals surface area (Å²) in [4.78, 5) is 2.35. The highest BCUT2D eigenvalue weighted by Gasteiger charge is 2.37. The minimum Gasteiger partial charge on any atom is -0.415 e. The van der Waals surface area contributed by atoms with Crippen molar-refractivity contribution >= 4 is 19.9 Å². The number of halogens is 1. The lowest BCUT2D eigenvalue weighted by Gasteiger charge is -2.39. The Morgan fingerprint density at radius 2 is 2.00 bits per heavy atom. The third-order valence-corrected chi connectivity index (χ3v) is 9.07. The summed E-state index contributed by atoms with van der Waals surface area (Å²) in [5, 5.41) is 1.11. The minimum absolute atomic E-state index is 0.267. The molecule has 1 unspecified atom stereocenters. The van der Waals surface area contributed by atoms with Gasteiger partial charge in [0, 0.05) is 23.3 Å². The van der Waals surface area contributed by atoms with Crippen LogP contribution in [-0.2, 0) is 4.43 Å². The average Bonchev–Trinajstić information content (AvgIpc) is 2.24. The van der Waals surface area contributed by atoms with Crippen LogP contribution in [0.15, 0.2) is 22.9 Å². The van der Waals surface area contributed by atoms with Crippen LogP contribution in [0.3, 0.4) is 0 Å². The molecule has 1 aliphatic rings. The van der Waals surface area contributed by atoms with Crippen molar-refractivity contribution in [3.63, 3.8) is 0 Å². The number of hydrogen-bond donors (Lipinski definition) is 0. The molecular weight excluding hydrogens is 274 g/mol. The molecular formula is C15H28ClNOSi. The Kier molecular flexibility index (Phi) is 5.33. The Morgan fingerprint density at radius 1 is 1.42 bits per heavy atom. The predicted molar refractivity (Wildman–Crippen MR) is 87.0 cm³/mol. The quantitative estimate of drug-likeness (QED) is 0.696. The smallest absolute Gasteiger partial charge is 0.192 e. The van der Waals surface area contributed by atoms with Crippen LogP contribution in [0.25, 0.3) is 0 Å². The Labute approximate surface area is 124 Å². The SMILES string of the molecule is CC1=CC(Cl)=CCN1C(C)CO[Si](C)(C)C(C)(C)C. The second kappa shape index (κ2) is 6.02. The molecule has 0 aromatic rings. The predicted octanol–water partition coefficient (Wildman–Crippen LogP) is 4.74. The number of rotatable bonds is 4. The molecule has 110 valence electrons. The highest BCUT2D eigenvalue weighted by atomic mass is 35.5. The van der Waals surface area contributed by atoms with E-state index in [1.165, 1.54) is 5.70 Å². The van der Waals surface area contributed by atoms with E-state index in [0.717, 1.165) is 18.2 Å². The first-order valence-electron chi connectivity index (χ1n) is 6.99. The largest absolute Gasteiger partial charge is 0.415 e. The van der Waals surface area contributed by atoms with Crippen molar-refractivity contribution in [2.45, 2.75) is 58.8 Å². The Hall–Kier alpha value is -0.253. The van der Waals surface area contributed by atoms with Crippen LogP contribution >= 0.6 is 11.6 Å². The third-order valence-electron chi connectivity index (χ3n) is 4.31. The van der Waals surface area contributed by atoms with E-state index in [1.54, 1.807) is 0 Å². The molecule has 1 aliphatic heterocycles. The summed E-state index contributed by atoms with van der Waals surface area (Å²) < 4.78 is 6.30. The van der Waals surface area contributed by atoms with Crippen LogP contribution in [0.2, 0.25) is 18.1 Å². The molecule has 0 bridgehead atoms. The normalized spacial score (nSPS) is 19.1. The second-order valence-electron chi connectivity index (χ2n) is 6.95. The van der Waals surface area contributed by atoms with E-state index in [0.29, 0.717) is 6.04 Å². The fourth-order valence-corrected chi connectivity index (χ4v) is 3.15. The fraction of sp³-hybridized carbons (Fsp3) is 0.733. The maximum Gasteiger partial charge on any atom is 0.192 e. The highest BCUT2D eigenvalue weighted by Crippen LogP contribution is 2.36. The summed E-state index contributed by atoms with van der Waals surface area (Å²) >= 11 is 6.02. The molecule has 0 aromatic heterocycles. The zero-order valence-corrected chi connectivity index (χ0v) is 15.1. The molecule has 0 radical (unpaired) electrons. The summed E-state index contributed by atoms with van der Waals surface area (Å²) in [6, 6.07) is 0.381. The minimum atomic E-state index is -1.65. The van der Waals surface area contributed by atoms with Crippen LogP contribution < -0.4 is 0 Å². The van der Waals surface area contributed by atoms with Gasteiger partial charge in [0.1, 0.15) is 0 Å². The van der Waals surface area contributed by atoms with E-state index < -0.39 is 8.32 Å². The number of allylic oxidation sites excluding steroid dienone is 3. The topological polar surface area (TPSA) is 12.5 Å². The standard InChI is InChI=1S/C15H28ClNOSi/c1-12-10-14(16)8-9-17(12)13(2)11-18-19(6,7)15(3,4)5/h8,10,13H,9,11H2,1-7H3. The van der Waals surface area contributed by atoms with Gasteiger partial charge in [0.15, 0.2) is 8.32 Å². The van der Waals surface area contributed by atoms with Gasteiger partial charge in [-0.2, -0.15) is 0 Å². The summed E-state index contributed by atoms with van der Waals surface area (Å²) in [6.07, 6.45) is 4.07. The Morgan fingerprint density at radius 3 is 2.47 bits per heavy atom. The van der Waals surface area contributed by atoms with E-state index in [9.17, 15) is 0 Å². The van der Waals surface area contributed by atoms with Gasteiger partial charge < -0.3 is 9.33 Å². The molecule has 0 amide bonds. The molecule has 1 heterocycles. The van der Waals surface area contributed by atoms with Crippen LogP contribution in [0.5, 0.6) is 0 Å². The van der Waals surface area contributed by atoms with Gasteiger partial charge in [-0.15, -0.1) is 0 Å². The van der Waals surface area contributed by atoms with Crippen LogP contribution in [0.1, 0.15) is 34.6 Å². The van der Waals surface area contributed by atoms with Crippen LogP contribution in [0, 0.1) is 0 Å². The molecule has 0 fully saturated rings. The van der Waals surface area contributed by atoms with Gasteiger partial charge in [0.2, 0.25) is 0 Å². The van der Waals surface area contributed by atoms with Crippen molar-refractivity contribution < 1.29 is 4.43 Å². The van der Waals surface area contributed by atoms with E-state index in [-0.39, 0.29) is 5.04 Å². The molecule has 0 saturated carbocycles. The molecule has 1 rings (SSSR count). The lowest BCUT2D eigenvalue weighted by Crippen LogP contribution is -2.45. The van der Waals surface area contributed by atoms with Crippen molar-refractivity contribution in [3.05, 3.63) is 22.9 Å². The van der Waals surface area contributed by atoms with Crippen LogP contribution in [-0.4, -0.2) is 32.4 Å². The Bertz CT molecular complexity index is 382. The van der Waals surface area contributed by atoms with Gasteiger partial charge in [-0.25, -0.2) is 0 Å². The zero-order chi connectivity index (χ0) is 14.8. The molecule has 0 spiro atoms. The van der Waals surface area contributed by atoms with Crippen LogP contribution in [0.4, 0.5) is 0 Å². The zero-order valence-electron chi connectivity index (χ0n) is 13.4. The molecule has 0 N–H and O–H groups in total. The molecule has 1 atom stereocenters. The summed E-state index contributed by atoms with van der Waals surface area (Å²) in [6.45, 7) is 17.4. The maximum atomic E-state index is 6.30. The maximum absolute atomic E-state index is 6.30. The molecule has 2 nitrogen and oxygen atoms in total. The van der Waals surface area contributed by atoms with Gasteiger partial charge in [0.25, 0.3) is 0 Å². The molecule has 19 heavy (non-hydrogen) atoms. The monoisotopic (exact) mass is 301 g/mol. The van der Waals surface area contributed by atoms with Crippen molar-refractivity contribution in [2.24, 2.45) is 0 Å². The second-order valence-corrected chi connectivity index (χ2v) is 12.2. The van der Waals surface area contributed by atoms with E-state index in [2.05, 4.69) is 58.7 Å². The first-order chi connectivity index (χ1) is 8.54. The first kappa shape index (κ1) is 16.8. The summed E-state index contributed by atoms with van der Waals surface area (Å²) in [5.41, 5.74) is 1.22. The van der Waals surface area contributed by atoms with Crippen molar-refractivity contribution in [2.75, 3.05) is 13.2 Å². The molecule has 0 aliphatic carbocycles. The fourth-order valence-electron chi connectivity index (χ4n) is 1.83. The van der Waals surface area contributed by atoms with Gasteiger partial charge in [-0.1, -0.05) is 32.4 Å². The first-order valence-corrected chi connectivity index (χ1v) is 10.3. The van der Waals surface area contributed by atoms with Crippen molar-refractivity contribution in [1.82, 2.24) is 4.90 Å². The summed E-state index contributed by atoms with van der Waals surface area (Å²) in [7, 11) is -1.65. The number of nitrogens with zero attached hydrogens (tertiary/aromatic N) is 1. The van der Waals surface area contributed by atoms with E-state index >= 15 is 0 Å². The summed E-state index contributed by atoms with van der Waals surface area (Å²) in [5.74, 6) is 0. The highest BCUT2D eigenvalue weighted by molar-refractivity contribution is 6.74. The average molecular weight is 302 g/mol. The van der Waals surface area contributed by atoms with Crippen molar-refractivity contribution in [1.29, 1.82) is 0 Å².